The number of carbonyl (C=O) groups excluding carboxylic acids is 1. The molecule has 0 aliphatic carbocycles. The second-order valence-corrected chi connectivity index (χ2v) is 7.49. The molecule has 0 fully saturated rings. The van der Waals surface area contributed by atoms with Crippen molar-refractivity contribution in [2.24, 2.45) is 0 Å². The Bertz CT molecular complexity index is 954. The highest BCUT2D eigenvalue weighted by Gasteiger charge is 2.28. The van der Waals surface area contributed by atoms with Crippen molar-refractivity contribution in [2.75, 3.05) is 6.61 Å². The predicted octanol–water partition coefficient (Wildman–Crippen LogP) is 6.04. The molecule has 0 spiro atoms. The van der Waals surface area contributed by atoms with Crippen molar-refractivity contribution >= 4 is 5.97 Å². The fraction of sp³-hybridized carbons (Fsp3) is 0.250. The van der Waals surface area contributed by atoms with Gasteiger partial charge in [-0.25, -0.2) is 4.79 Å². The quantitative estimate of drug-likeness (QED) is 0.260. The Labute approximate surface area is 190 Å². The van der Waals surface area contributed by atoms with Gasteiger partial charge in [0.25, 0.3) is 0 Å². The van der Waals surface area contributed by atoms with Crippen molar-refractivity contribution in [2.45, 2.75) is 38.8 Å². The lowest BCUT2D eigenvalue weighted by atomic mass is 9.98. The molecule has 3 rings (SSSR count). The van der Waals surface area contributed by atoms with Crippen LogP contribution in [0.2, 0.25) is 0 Å². The Morgan fingerprint density at radius 2 is 1.28 bits per heavy atom. The van der Waals surface area contributed by atoms with E-state index in [9.17, 15) is 4.79 Å². The highest BCUT2D eigenvalue weighted by atomic mass is 16.5. The first-order valence-corrected chi connectivity index (χ1v) is 10.9. The van der Waals surface area contributed by atoms with E-state index in [0.717, 1.165) is 16.7 Å². The van der Waals surface area contributed by atoms with Gasteiger partial charge in [0.1, 0.15) is 6.10 Å². The average molecular weight is 431 g/mol. The molecule has 0 radical (unpaired) electrons. The van der Waals surface area contributed by atoms with Crippen LogP contribution in [0, 0.1) is 0 Å². The number of ether oxygens (including phenoxy) is 3. The number of hydrogen-bond donors (Lipinski definition) is 0. The van der Waals surface area contributed by atoms with Crippen molar-refractivity contribution in [1.29, 1.82) is 0 Å². The van der Waals surface area contributed by atoms with Crippen molar-refractivity contribution in [3.05, 3.63) is 120 Å². The Morgan fingerprint density at radius 1 is 0.781 bits per heavy atom. The van der Waals surface area contributed by atoms with Crippen molar-refractivity contribution in [3.63, 3.8) is 0 Å². The summed E-state index contributed by atoms with van der Waals surface area (Å²) in [5, 5.41) is 0. The van der Waals surface area contributed by atoms with Gasteiger partial charge in [0.05, 0.1) is 25.9 Å². The molecule has 0 N–H and O–H groups in total. The van der Waals surface area contributed by atoms with E-state index in [2.05, 4.69) is 6.58 Å². The minimum Gasteiger partial charge on any atom is -0.463 e. The third kappa shape index (κ3) is 7.19. The fourth-order valence-corrected chi connectivity index (χ4v) is 3.41. The molecule has 4 heteroatoms. The highest BCUT2D eigenvalue weighted by molar-refractivity contribution is 5.87. The van der Waals surface area contributed by atoms with Gasteiger partial charge in [0.2, 0.25) is 0 Å². The highest BCUT2D eigenvalue weighted by Crippen LogP contribution is 2.30. The predicted molar refractivity (Wildman–Crippen MR) is 126 cm³/mol. The summed E-state index contributed by atoms with van der Waals surface area (Å²) >= 11 is 0. The Balaban J connectivity index is 1.83. The van der Waals surface area contributed by atoms with Gasteiger partial charge >= 0.3 is 5.97 Å². The third-order valence-corrected chi connectivity index (χ3v) is 5.06. The van der Waals surface area contributed by atoms with Crippen LogP contribution in [-0.4, -0.2) is 18.7 Å². The van der Waals surface area contributed by atoms with E-state index in [-0.39, 0.29) is 6.10 Å². The molecule has 0 saturated heterocycles. The Morgan fingerprint density at radius 3 is 1.81 bits per heavy atom. The molecule has 0 saturated carbocycles. The topological polar surface area (TPSA) is 44.8 Å². The first kappa shape index (κ1) is 23.5. The van der Waals surface area contributed by atoms with Gasteiger partial charge in [-0.2, -0.15) is 0 Å². The summed E-state index contributed by atoms with van der Waals surface area (Å²) in [6.45, 7) is 6.87. The van der Waals surface area contributed by atoms with Gasteiger partial charge in [-0.1, -0.05) is 97.6 Å². The van der Waals surface area contributed by atoms with Crippen LogP contribution in [0.25, 0.3) is 0 Å². The van der Waals surface area contributed by atoms with Gasteiger partial charge in [0.15, 0.2) is 0 Å². The number of benzene rings is 3. The third-order valence-electron chi connectivity index (χ3n) is 5.06. The maximum Gasteiger partial charge on any atom is 0.333 e. The van der Waals surface area contributed by atoms with E-state index in [1.165, 1.54) is 0 Å². The second kappa shape index (κ2) is 12.6. The molecule has 0 amide bonds. The van der Waals surface area contributed by atoms with E-state index in [4.69, 9.17) is 14.2 Å². The maximum absolute atomic E-state index is 12.3. The number of rotatable bonds is 12. The minimum atomic E-state index is -0.418. The van der Waals surface area contributed by atoms with Gasteiger partial charge in [0, 0.05) is 12.0 Å². The minimum absolute atomic E-state index is 0.306. The summed E-state index contributed by atoms with van der Waals surface area (Å²) in [6, 6.07) is 29.9. The van der Waals surface area contributed by atoms with Crippen LogP contribution in [0.15, 0.2) is 103 Å². The largest absolute Gasteiger partial charge is 0.463 e. The summed E-state index contributed by atoms with van der Waals surface area (Å²) < 4.78 is 17.9. The van der Waals surface area contributed by atoms with E-state index in [1.807, 2.05) is 91.0 Å². The molecule has 0 heterocycles. The standard InChI is InChI=1S/C28H30O4/c1-3-30-28(29)22(2)19-26(31-20-23-13-7-4-8-14-23)27(25-17-11-6-12-18-25)32-21-24-15-9-5-10-16-24/h4-18,26-27H,2-3,19-21H2,1H3/t26-,27+/m1/s1. The smallest absolute Gasteiger partial charge is 0.333 e. The zero-order chi connectivity index (χ0) is 22.6. The van der Waals surface area contributed by atoms with Gasteiger partial charge in [-0.15, -0.1) is 0 Å². The van der Waals surface area contributed by atoms with E-state index >= 15 is 0 Å². The van der Waals surface area contributed by atoms with Crippen LogP contribution in [0.4, 0.5) is 0 Å². The lowest BCUT2D eigenvalue weighted by Gasteiger charge is -2.28. The fourth-order valence-electron chi connectivity index (χ4n) is 3.41. The zero-order valence-corrected chi connectivity index (χ0v) is 18.5. The summed E-state index contributed by atoms with van der Waals surface area (Å²) in [7, 11) is 0. The lowest BCUT2D eigenvalue weighted by Crippen LogP contribution is -2.27. The molecule has 2 atom stereocenters. The molecule has 3 aromatic rings. The Hall–Kier alpha value is -3.21. The first-order valence-electron chi connectivity index (χ1n) is 10.9. The number of carbonyl (C=O) groups is 1. The molecular formula is C28H30O4. The summed E-state index contributed by atoms with van der Waals surface area (Å²) in [5.41, 5.74) is 3.47. The second-order valence-electron chi connectivity index (χ2n) is 7.49. The molecule has 4 nitrogen and oxygen atoms in total. The van der Waals surface area contributed by atoms with Crippen LogP contribution >= 0.6 is 0 Å². The Kier molecular flexibility index (Phi) is 9.23. The SMILES string of the molecule is C=C(C[C@@H](OCc1ccccc1)[C@@H](OCc1ccccc1)c1ccccc1)C(=O)OCC. The number of esters is 1. The van der Waals surface area contributed by atoms with Crippen molar-refractivity contribution < 1.29 is 19.0 Å². The summed E-state index contributed by atoms with van der Waals surface area (Å²) in [4.78, 5) is 12.3. The number of hydrogen-bond acceptors (Lipinski definition) is 4. The molecule has 32 heavy (non-hydrogen) atoms. The molecule has 0 aliphatic heterocycles. The van der Waals surface area contributed by atoms with Crippen molar-refractivity contribution in [1.82, 2.24) is 0 Å². The normalized spacial score (nSPS) is 12.7. The molecule has 0 bridgehead atoms. The van der Waals surface area contributed by atoms with Crippen LogP contribution in [0.1, 0.15) is 36.1 Å². The van der Waals surface area contributed by atoms with Gasteiger partial charge < -0.3 is 14.2 Å². The summed E-state index contributed by atoms with van der Waals surface area (Å²) in [5.74, 6) is -0.407. The van der Waals surface area contributed by atoms with Crippen LogP contribution < -0.4 is 0 Å². The lowest BCUT2D eigenvalue weighted by molar-refractivity contribution is -0.139. The van der Waals surface area contributed by atoms with Crippen LogP contribution in [0.5, 0.6) is 0 Å². The molecule has 0 unspecified atom stereocenters. The van der Waals surface area contributed by atoms with Gasteiger partial charge in [-0.05, 0) is 23.6 Å². The van der Waals surface area contributed by atoms with E-state index in [0.29, 0.717) is 31.8 Å². The van der Waals surface area contributed by atoms with Crippen LogP contribution in [-0.2, 0) is 32.2 Å². The van der Waals surface area contributed by atoms with Gasteiger partial charge in [-0.3, -0.25) is 0 Å². The first-order chi connectivity index (χ1) is 15.7. The molecule has 3 aromatic carbocycles. The molecule has 0 aliphatic rings. The monoisotopic (exact) mass is 430 g/mol. The van der Waals surface area contributed by atoms with Crippen LogP contribution in [0.3, 0.4) is 0 Å². The maximum atomic E-state index is 12.3. The van der Waals surface area contributed by atoms with E-state index < -0.39 is 12.1 Å². The van der Waals surface area contributed by atoms with Crippen molar-refractivity contribution in [3.8, 4) is 0 Å². The molecular weight excluding hydrogens is 400 g/mol. The molecule has 0 aromatic heterocycles. The zero-order valence-electron chi connectivity index (χ0n) is 18.5. The summed E-state index contributed by atoms with van der Waals surface area (Å²) in [6.07, 6.45) is -0.496. The molecule has 166 valence electrons. The average Bonchev–Trinajstić information content (AvgIpc) is 2.84. The van der Waals surface area contributed by atoms with E-state index in [1.54, 1.807) is 6.92 Å².